The summed E-state index contributed by atoms with van der Waals surface area (Å²) < 4.78 is 4.76. The van der Waals surface area contributed by atoms with E-state index in [1.54, 1.807) is 30.3 Å². The molecule has 0 saturated heterocycles. The van der Waals surface area contributed by atoms with Crippen molar-refractivity contribution in [2.75, 3.05) is 12.4 Å². The molecule has 2 amide bonds. The molecule has 29 heavy (non-hydrogen) atoms. The third-order valence-corrected chi connectivity index (χ3v) is 5.14. The lowest BCUT2D eigenvalue weighted by Crippen LogP contribution is -2.47. The molecule has 0 bridgehead atoms. The second-order valence-corrected chi connectivity index (χ2v) is 6.95. The van der Waals surface area contributed by atoms with Crippen molar-refractivity contribution in [3.05, 3.63) is 64.7 Å². The van der Waals surface area contributed by atoms with Gasteiger partial charge in [0.2, 0.25) is 0 Å². The number of esters is 1. The highest BCUT2D eigenvalue weighted by Crippen LogP contribution is 2.29. The monoisotopic (exact) mass is 394 g/mol. The summed E-state index contributed by atoms with van der Waals surface area (Å²) in [6.07, 6.45) is 0.676. The van der Waals surface area contributed by atoms with Crippen molar-refractivity contribution in [2.24, 2.45) is 5.92 Å². The lowest BCUT2D eigenvalue weighted by molar-refractivity contribution is -0.144. The molecular weight excluding hydrogens is 372 g/mol. The third-order valence-electron chi connectivity index (χ3n) is 5.14. The van der Waals surface area contributed by atoms with Crippen LogP contribution < -0.4 is 10.6 Å². The first kappa shape index (κ1) is 20.3. The zero-order valence-electron chi connectivity index (χ0n) is 16.4. The van der Waals surface area contributed by atoms with Gasteiger partial charge in [0.15, 0.2) is 11.6 Å². The predicted octanol–water partition coefficient (Wildman–Crippen LogP) is 3.17. The van der Waals surface area contributed by atoms with Crippen LogP contribution in [0.1, 0.15) is 52.1 Å². The second-order valence-electron chi connectivity index (χ2n) is 6.95. The van der Waals surface area contributed by atoms with Crippen molar-refractivity contribution in [1.29, 1.82) is 0 Å². The quantitative estimate of drug-likeness (QED) is 0.647. The molecule has 150 valence electrons. The van der Waals surface area contributed by atoms with Crippen LogP contribution >= 0.6 is 0 Å². The maximum atomic E-state index is 12.8. The molecule has 3 rings (SSSR count). The van der Waals surface area contributed by atoms with E-state index in [9.17, 15) is 19.2 Å². The van der Waals surface area contributed by atoms with Crippen molar-refractivity contribution in [3.63, 3.8) is 0 Å². The van der Waals surface area contributed by atoms with E-state index in [-0.39, 0.29) is 23.0 Å². The molecule has 0 spiro atoms. The Morgan fingerprint density at radius 1 is 0.966 bits per heavy atom. The normalized spacial score (nSPS) is 14.3. The van der Waals surface area contributed by atoms with Crippen molar-refractivity contribution in [2.45, 2.75) is 26.3 Å². The zero-order chi connectivity index (χ0) is 21.1. The Morgan fingerprint density at radius 2 is 1.55 bits per heavy atom. The van der Waals surface area contributed by atoms with Crippen LogP contribution in [-0.4, -0.2) is 36.7 Å². The van der Waals surface area contributed by atoms with Gasteiger partial charge >= 0.3 is 12.0 Å². The Bertz CT molecular complexity index is 998. The van der Waals surface area contributed by atoms with Crippen LogP contribution in [0.3, 0.4) is 0 Å². The second kappa shape index (κ2) is 8.26. The molecule has 0 saturated carbocycles. The molecule has 1 aliphatic carbocycles. The molecule has 7 nitrogen and oxygen atoms in total. The highest BCUT2D eigenvalue weighted by atomic mass is 16.5. The molecule has 2 aromatic rings. The number of fused-ring (bicyclic) bond motifs is 2. The molecule has 0 fully saturated rings. The molecule has 7 heteroatoms. The molecule has 0 heterocycles. The standard InChI is InChI=1S/C22H22N2O5/c1-4-12(2)18(21(27)29-3)24-22(28)23-13-9-10-16-17(11-13)20(26)15-8-6-5-7-14(15)19(16)25/h5-12,18H,4H2,1-3H3,(H2,23,24,28). The number of hydrogen-bond donors (Lipinski definition) is 2. The number of hydrogen-bond acceptors (Lipinski definition) is 5. The van der Waals surface area contributed by atoms with Crippen molar-refractivity contribution < 1.29 is 23.9 Å². The first-order valence-electron chi connectivity index (χ1n) is 9.35. The molecule has 0 aliphatic heterocycles. The van der Waals surface area contributed by atoms with Crippen molar-refractivity contribution in [1.82, 2.24) is 5.32 Å². The van der Waals surface area contributed by atoms with Gasteiger partial charge in [-0.3, -0.25) is 9.59 Å². The summed E-state index contributed by atoms with van der Waals surface area (Å²) >= 11 is 0. The zero-order valence-corrected chi connectivity index (χ0v) is 16.4. The van der Waals surface area contributed by atoms with Crippen LogP contribution in [-0.2, 0) is 9.53 Å². The van der Waals surface area contributed by atoms with E-state index < -0.39 is 18.0 Å². The third kappa shape index (κ3) is 3.89. The average Bonchev–Trinajstić information content (AvgIpc) is 2.74. The lowest BCUT2D eigenvalue weighted by Gasteiger charge is -2.22. The minimum atomic E-state index is -0.794. The average molecular weight is 394 g/mol. The number of rotatable bonds is 5. The topological polar surface area (TPSA) is 102 Å². The van der Waals surface area contributed by atoms with Crippen LogP contribution in [0.15, 0.2) is 42.5 Å². The van der Waals surface area contributed by atoms with Gasteiger partial charge in [-0.2, -0.15) is 0 Å². The summed E-state index contributed by atoms with van der Waals surface area (Å²) in [4.78, 5) is 49.8. The molecule has 2 unspecified atom stereocenters. The number of benzene rings is 2. The Labute approximate surface area is 168 Å². The molecule has 0 radical (unpaired) electrons. The van der Waals surface area contributed by atoms with Crippen LogP contribution in [0.4, 0.5) is 10.5 Å². The van der Waals surface area contributed by atoms with E-state index in [2.05, 4.69) is 10.6 Å². The summed E-state index contributed by atoms with van der Waals surface area (Å²) in [6.45, 7) is 3.74. The fourth-order valence-electron chi connectivity index (χ4n) is 3.28. The van der Waals surface area contributed by atoms with E-state index in [1.807, 2.05) is 13.8 Å². The number of methoxy groups -OCH3 is 1. The highest BCUT2D eigenvalue weighted by molar-refractivity contribution is 6.28. The lowest BCUT2D eigenvalue weighted by atomic mass is 9.84. The van der Waals surface area contributed by atoms with Gasteiger partial charge in [-0.05, 0) is 24.1 Å². The smallest absolute Gasteiger partial charge is 0.328 e. The fourth-order valence-corrected chi connectivity index (χ4v) is 3.28. The number of amides is 2. The van der Waals surface area contributed by atoms with Crippen LogP contribution in [0.5, 0.6) is 0 Å². The Balaban J connectivity index is 1.81. The van der Waals surface area contributed by atoms with Crippen LogP contribution in [0.25, 0.3) is 0 Å². The van der Waals surface area contributed by atoms with E-state index in [0.29, 0.717) is 28.8 Å². The molecule has 0 aromatic heterocycles. The summed E-state index contributed by atoms with van der Waals surface area (Å²) in [7, 11) is 1.27. The van der Waals surface area contributed by atoms with E-state index in [1.165, 1.54) is 19.2 Å². The van der Waals surface area contributed by atoms with Crippen LogP contribution in [0, 0.1) is 5.92 Å². The van der Waals surface area contributed by atoms with E-state index >= 15 is 0 Å². The van der Waals surface area contributed by atoms with Gasteiger partial charge < -0.3 is 15.4 Å². The van der Waals surface area contributed by atoms with Gasteiger partial charge in [0.1, 0.15) is 6.04 Å². The van der Waals surface area contributed by atoms with E-state index in [0.717, 1.165) is 0 Å². The molecule has 2 N–H and O–H groups in total. The molecule has 1 aliphatic rings. The first-order valence-corrected chi connectivity index (χ1v) is 9.35. The maximum Gasteiger partial charge on any atom is 0.328 e. The minimum absolute atomic E-state index is 0.118. The van der Waals surface area contributed by atoms with E-state index in [4.69, 9.17) is 4.74 Å². The van der Waals surface area contributed by atoms with Crippen molar-refractivity contribution >= 4 is 29.3 Å². The summed E-state index contributed by atoms with van der Waals surface area (Å²) in [6, 6.07) is 9.80. The van der Waals surface area contributed by atoms with Gasteiger partial charge in [-0.1, -0.05) is 44.5 Å². The Kier molecular flexibility index (Phi) is 5.77. The van der Waals surface area contributed by atoms with Gasteiger partial charge in [0.25, 0.3) is 0 Å². The first-order chi connectivity index (χ1) is 13.9. The van der Waals surface area contributed by atoms with Crippen LogP contribution in [0.2, 0.25) is 0 Å². The SMILES string of the molecule is CCC(C)C(NC(=O)Nc1ccc2c(c1)C(=O)c1ccccc1C2=O)C(=O)OC. The summed E-state index contributed by atoms with van der Waals surface area (Å²) in [5.41, 5.74) is 1.59. The number of ketones is 2. The number of nitrogens with one attached hydrogen (secondary N) is 2. The molecular formula is C22H22N2O5. The van der Waals surface area contributed by atoms with Gasteiger partial charge in [-0.15, -0.1) is 0 Å². The number of carbonyl (C=O) groups excluding carboxylic acids is 4. The molecule has 2 atom stereocenters. The predicted molar refractivity (Wildman–Crippen MR) is 107 cm³/mol. The number of anilines is 1. The maximum absolute atomic E-state index is 12.8. The molecule has 2 aromatic carbocycles. The Morgan fingerprint density at radius 3 is 2.14 bits per heavy atom. The number of urea groups is 1. The summed E-state index contributed by atoms with van der Waals surface area (Å²) in [5, 5.41) is 5.22. The highest BCUT2D eigenvalue weighted by Gasteiger charge is 2.30. The Hall–Kier alpha value is -3.48. The van der Waals surface area contributed by atoms with Crippen molar-refractivity contribution in [3.8, 4) is 0 Å². The van der Waals surface area contributed by atoms with Gasteiger partial charge in [-0.25, -0.2) is 9.59 Å². The number of ether oxygens (including phenoxy) is 1. The van der Waals surface area contributed by atoms with Gasteiger partial charge in [0, 0.05) is 27.9 Å². The summed E-state index contributed by atoms with van der Waals surface area (Å²) in [5.74, 6) is -1.15. The largest absolute Gasteiger partial charge is 0.467 e. The minimum Gasteiger partial charge on any atom is -0.467 e. The van der Waals surface area contributed by atoms with Gasteiger partial charge in [0.05, 0.1) is 7.11 Å². The fraction of sp³-hybridized carbons (Fsp3) is 0.273. The number of carbonyl (C=O) groups is 4.